The SMILES string of the molecule is O=C(O)/C=C/c1ccc(-c2c(Cl)cc(Cl)cc2Cl)s1. The summed E-state index contributed by atoms with van der Waals surface area (Å²) >= 11 is 19.5. The van der Waals surface area contributed by atoms with Crippen LogP contribution in [0.15, 0.2) is 30.3 Å². The molecule has 19 heavy (non-hydrogen) atoms. The molecule has 0 bridgehead atoms. The third kappa shape index (κ3) is 3.51. The second-order valence-corrected chi connectivity index (χ2v) is 5.98. The van der Waals surface area contributed by atoms with Crippen molar-refractivity contribution in [2.45, 2.75) is 0 Å². The first-order valence-electron chi connectivity index (χ1n) is 5.13. The van der Waals surface area contributed by atoms with Gasteiger partial charge in [0.15, 0.2) is 0 Å². The van der Waals surface area contributed by atoms with Gasteiger partial charge in [0.25, 0.3) is 0 Å². The molecule has 0 radical (unpaired) electrons. The molecule has 1 aromatic carbocycles. The molecule has 0 amide bonds. The normalized spacial score (nSPS) is 11.1. The summed E-state index contributed by atoms with van der Waals surface area (Å²) in [4.78, 5) is 12.1. The lowest BCUT2D eigenvalue weighted by molar-refractivity contribution is -0.131. The predicted molar refractivity (Wildman–Crippen MR) is 81.5 cm³/mol. The molecule has 1 heterocycles. The third-order valence-corrected chi connectivity index (χ3v) is 4.15. The highest BCUT2D eigenvalue weighted by Gasteiger charge is 2.12. The lowest BCUT2D eigenvalue weighted by atomic mass is 10.2. The highest BCUT2D eigenvalue weighted by molar-refractivity contribution is 7.16. The van der Waals surface area contributed by atoms with Gasteiger partial charge in [-0.3, -0.25) is 0 Å². The zero-order valence-corrected chi connectivity index (χ0v) is 12.4. The van der Waals surface area contributed by atoms with Gasteiger partial charge in [0.1, 0.15) is 0 Å². The van der Waals surface area contributed by atoms with E-state index in [4.69, 9.17) is 39.9 Å². The van der Waals surface area contributed by atoms with Crippen LogP contribution in [0.1, 0.15) is 4.88 Å². The van der Waals surface area contributed by atoms with Crippen LogP contribution >= 0.6 is 46.1 Å². The predicted octanol–water partition coefficient (Wildman–Crippen LogP) is 5.47. The van der Waals surface area contributed by atoms with Gasteiger partial charge in [0.05, 0.1) is 10.0 Å². The molecule has 0 aliphatic carbocycles. The number of halogens is 3. The molecule has 0 atom stereocenters. The van der Waals surface area contributed by atoms with Gasteiger partial charge in [-0.1, -0.05) is 34.8 Å². The summed E-state index contributed by atoms with van der Waals surface area (Å²) in [5, 5.41) is 9.98. The van der Waals surface area contributed by atoms with E-state index in [9.17, 15) is 4.79 Å². The van der Waals surface area contributed by atoms with Crippen molar-refractivity contribution in [2.24, 2.45) is 0 Å². The Bertz CT molecular complexity index is 639. The van der Waals surface area contributed by atoms with Crippen LogP contribution in [0, 0.1) is 0 Å². The number of carboxylic acid groups (broad SMARTS) is 1. The number of hydrogen-bond acceptors (Lipinski definition) is 2. The Morgan fingerprint density at radius 1 is 1.16 bits per heavy atom. The summed E-state index contributed by atoms with van der Waals surface area (Å²) in [5.41, 5.74) is 0.702. The van der Waals surface area contributed by atoms with Crippen molar-refractivity contribution in [1.82, 2.24) is 0 Å². The Balaban J connectivity index is 2.41. The summed E-state index contributed by atoms with van der Waals surface area (Å²) in [7, 11) is 0. The first kappa shape index (κ1) is 14.4. The zero-order chi connectivity index (χ0) is 14.0. The standard InChI is InChI=1S/C13H7Cl3O2S/c14-7-5-9(15)13(10(16)6-7)11-3-1-8(19-11)2-4-12(17)18/h1-6H,(H,17,18)/b4-2+. The highest BCUT2D eigenvalue weighted by Crippen LogP contribution is 2.40. The number of thiophene rings is 1. The van der Waals surface area contributed by atoms with Crippen LogP contribution in [0.4, 0.5) is 0 Å². The van der Waals surface area contributed by atoms with E-state index in [0.717, 1.165) is 15.8 Å². The third-order valence-electron chi connectivity index (χ3n) is 2.27. The van der Waals surface area contributed by atoms with Gasteiger partial charge in [0.2, 0.25) is 0 Å². The topological polar surface area (TPSA) is 37.3 Å². The monoisotopic (exact) mass is 332 g/mol. The molecule has 1 aromatic heterocycles. The molecule has 0 saturated heterocycles. The van der Waals surface area contributed by atoms with Crippen molar-refractivity contribution in [3.8, 4) is 10.4 Å². The Morgan fingerprint density at radius 2 is 1.79 bits per heavy atom. The van der Waals surface area contributed by atoms with Gasteiger partial charge >= 0.3 is 5.97 Å². The quantitative estimate of drug-likeness (QED) is 0.756. The second-order valence-electron chi connectivity index (χ2n) is 3.62. The van der Waals surface area contributed by atoms with Crippen LogP contribution in [0.5, 0.6) is 0 Å². The van der Waals surface area contributed by atoms with Crippen LogP contribution < -0.4 is 0 Å². The summed E-state index contributed by atoms with van der Waals surface area (Å²) in [5.74, 6) is -0.988. The first-order valence-corrected chi connectivity index (χ1v) is 7.08. The van der Waals surface area contributed by atoms with Crippen LogP contribution in [-0.4, -0.2) is 11.1 Å². The molecule has 2 nitrogen and oxygen atoms in total. The molecule has 98 valence electrons. The van der Waals surface area contributed by atoms with E-state index < -0.39 is 5.97 Å². The number of carbonyl (C=O) groups is 1. The Labute approximate surface area is 128 Å². The van der Waals surface area contributed by atoms with Crippen LogP contribution in [0.25, 0.3) is 16.5 Å². The van der Waals surface area contributed by atoms with Gasteiger partial charge in [-0.15, -0.1) is 11.3 Å². The lowest BCUT2D eigenvalue weighted by Gasteiger charge is -2.05. The van der Waals surface area contributed by atoms with Crippen molar-refractivity contribution in [2.75, 3.05) is 0 Å². The molecule has 6 heteroatoms. The molecule has 0 aliphatic rings. The lowest BCUT2D eigenvalue weighted by Crippen LogP contribution is -1.84. The minimum Gasteiger partial charge on any atom is -0.478 e. The summed E-state index contributed by atoms with van der Waals surface area (Å²) in [6.45, 7) is 0. The van der Waals surface area contributed by atoms with Gasteiger partial charge in [0, 0.05) is 26.4 Å². The number of aliphatic carboxylic acids is 1. The maximum absolute atomic E-state index is 10.5. The van der Waals surface area contributed by atoms with E-state index in [2.05, 4.69) is 0 Å². The summed E-state index contributed by atoms with van der Waals surface area (Å²) < 4.78 is 0. The number of rotatable bonds is 3. The van der Waals surface area contributed by atoms with Crippen LogP contribution in [0.2, 0.25) is 15.1 Å². The number of hydrogen-bond donors (Lipinski definition) is 1. The molecule has 0 unspecified atom stereocenters. The highest BCUT2D eigenvalue weighted by atomic mass is 35.5. The Kier molecular flexibility index (Phi) is 4.53. The van der Waals surface area contributed by atoms with Crippen molar-refractivity contribution < 1.29 is 9.90 Å². The van der Waals surface area contributed by atoms with Crippen LogP contribution in [0.3, 0.4) is 0 Å². The fourth-order valence-corrected chi connectivity index (χ4v) is 3.62. The molecular weight excluding hydrogens is 327 g/mol. The maximum Gasteiger partial charge on any atom is 0.328 e. The largest absolute Gasteiger partial charge is 0.478 e. The van der Waals surface area contributed by atoms with Crippen molar-refractivity contribution in [1.29, 1.82) is 0 Å². The van der Waals surface area contributed by atoms with Gasteiger partial charge in [-0.25, -0.2) is 4.79 Å². The van der Waals surface area contributed by atoms with Crippen LogP contribution in [-0.2, 0) is 4.79 Å². The molecule has 0 spiro atoms. The molecule has 0 aliphatic heterocycles. The Hall–Kier alpha value is -1.000. The van der Waals surface area contributed by atoms with E-state index >= 15 is 0 Å². The van der Waals surface area contributed by atoms with E-state index in [0.29, 0.717) is 20.6 Å². The number of benzene rings is 1. The number of carboxylic acids is 1. The molecule has 2 aromatic rings. The molecular formula is C13H7Cl3O2S. The fraction of sp³-hybridized carbons (Fsp3) is 0. The van der Waals surface area contributed by atoms with E-state index in [1.807, 2.05) is 6.07 Å². The average Bonchev–Trinajstić information content (AvgIpc) is 2.73. The van der Waals surface area contributed by atoms with E-state index in [-0.39, 0.29) is 0 Å². The van der Waals surface area contributed by atoms with Crippen molar-refractivity contribution >= 4 is 58.2 Å². The smallest absolute Gasteiger partial charge is 0.328 e. The van der Waals surface area contributed by atoms with Gasteiger partial charge < -0.3 is 5.11 Å². The fourth-order valence-electron chi connectivity index (χ4n) is 1.51. The van der Waals surface area contributed by atoms with Crippen molar-refractivity contribution in [3.63, 3.8) is 0 Å². The zero-order valence-electron chi connectivity index (χ0n) is 9.36. The molecule has 0 saturated carbocycles. The average molecular weight is 334 g/mol. The maximum atomic E-state index is 10.5. The first-order chi connectivity index (χ1) is 8.97. The van der Waals surface area contributed by atoms with E-state index in [1.54, 1.807) is 18.2 Å². The second kappa shape index (κ2) is 5.97. The van der Waals surface area contributed by atoms with Gasteiger partial charge in [-0.05, 0) is 30.3 Å². The summed E-state index contributed by atoms with van der Waals surface area (Å²) in [6, 6.07) is 6.89. The minimum atomic E-state index is -0.988. The molecule has 1 N–H and O–H groups in total. The molecule has 0 fully saturated rings. The minimum absolute atomic E-state index is 0.466. The van der Waals surface area contributed by atoms with Gasteiger partial charge in [-0.2, -0.15) is 0 Å². The summed E-state index contributed by atoms with van der Waals surface area (Å²) in [6.07, 6.45) is 2.61. The Morgan fingerprint density at radius 3 is 2.37 bits per heavy atom. The molecule has 2 rings (SSSR count). The van der Waals surface area contributed by atoms with Crippen molar-refractivity contribution in [3.05, 3.63) is 50.3 Å². The van der Waals surface area contributed by atoms with E-state index in [1.165, 1.54) is 17.4 Å².